The lowest BCUT2D eigenvalue weighted by atomic mass is 9.76. The molecule has 1 aromatic rings. The number of nitrogens with two attached hydrogens (primary N) is 1. The van der Waals surface area contributed by atoms with Gasteiger partial charge in [0.2, 0.25) is 5.89 Å². The van der Waals surface area contributed by atoms with Crippen LogP contribution in [0.3, 0.4) is 0 Å². The summed E-state index contributed by atoms with van der Waals surface area (Å²) in [7, 11) is 0. The number of rotatable bonds is 6. The lowest BCUT2D eigenvalue weighted by Crippen LogP contribution is -2.40. The van der Waals surface area contributed by atoms with Gasteiger partial charge in [-0.1, -0.05) is 18.5 Å². The van der Waals surface area contributed by atoms with Gasteiger partial charge in [-0.05, 0) is 38.5 Å². The Hall–Kier alpha value is -0.940. The monoisotopic (exact) mass is 267 g/mol. The van der Waals surface area contributed by atoms with Gasteiger partial charge in [0.1, 0.15) is 0 Å². The molecule has 1 fully saturated rings. The predicted octanol–water partition coefficient (Wildman–Crippen LogP) is 2.40. The zero-order valence-electron chi connectivity index (χ0n) is 12.0. The van der Waals surface area contributed by atoms with Gasteiger partial charge in [-0.25, -0.2) is 0 Å². The fourth-order valence-corrected chi connectivity index (χ4v) is 2.68. The molecule has 1 aliphatic rings. The number of aromatic nitrogens is 2. The lowest BCUT2D eigenvalue weighted by Gasteiger charge is -2.33. The van der Waals surface area contributed by atoms with E-state index in [4.69, 9.17) is 15.0 Å². The maximum Gasteiger partial charge on any atom is 0.246 e. The molecule has 1 aliphatic carbocycles. The molecule has 5 nitrogen and oxygen atoms in total. The Balaban J connectivity index is 1.94. The van der Waals surface area contributed by atoms with Crippen LogP contribution in [0.2, 0.25) is 0 Å². The summed E-state index contributed by atoms with van der Waals surface area (Å²) in [5.41, 5.74) is 6.02. The first-order valence-corrected chi connectivity index (χ1v) is 7.37. The van der Waals surface area contributed by atoms with Crippen molar-refractivity contribution in [1.29, 1.82) is 0 Å². The van der Waals surface area contributed by atoms with E-state index in [0.29, 0.717) is 31.3 Å². The van der Waals surface area contributed by atoms with Gasteiger partial charge in [-0.2, -0.15) is 4.98 Å². The molecule has 2 rings (SSSR count). The van der Waals surface area contributed by atoms with Crippen LogP contribution in [0.5, 0.6) is 0 Å². The molecule has 1 heterocycles. The van der Waals surface area contributed by atoms with Crippen LogP contribution in [0.4, 0.5) is 0 Å². The van der Waals surface area contributed by atoms with Crippen molar-refractivity contribution in [2.45, 2.75) is 57.9 Å². The molecule has 0 aromatic carbocycles. The largest absolute Gasteiger partial charge is 0.381 e. The van der Waals surface area contributed by atoms with Gasteiger partial charge in [0.05, 0.1) is 12.1 Å². The Kier molecular flexibility index (Phi) is 4.93. The summed E-state index contributed by atoms with van der Waals surface area (Å²) in [6.45, 7) is 5.56. The predicted molar refractivity (Wildman–Crippen MR) is 72.6 cm³/mol. The van der Waals surface area contributed by atoms with Crippen LogP contribution in [0.15, 0.2) is 4.52 Å². The Labute approximate surface area is 114 Å². The van der Waals surface area contributed by atoms with Crippen molar-refractivity contribution in [3.05, 3.63) is 11.7 Å². The average Bonchev–Trinajstić information content (AvgIpc) is 2.90. The van der Waals surface area contributed by atoms with Gasteiger partial charge >= 0.3 is 0 Å². The van der Waals surface area contributed by atoms with Crippen molar-refractivity contribution in [1.82, 2.24) is 10.1 Å². The molecule has 2 N–H and O–H groups in total. The minimum atomic E-state index is -0.414. The van der Waals surface area contributed by atoms with E-state index in [0.717, 1.165) is 31.6 Å². The van der Waals surface area contributed by atoms with E-state index in [1.165, 1.54) is 6.42 Å². The molecule has 0 radical (unpaired) electrons. The van der Waals surface area contributed by atoms with Crippen molar-refractivity contribution >= 4 is 0 Å². The highest BCUT2D eigenvalue weighted by Gasteiger charge is 2.37. The smallest absolute Gasteiger partial charge is 0.246 e. The van der Waals surface area contributed by atoms with Gasteiger partial charge in [0.15, 0.2) is 5.82 Å². The maximum absolute atomic E-state index is 6.44. The third-order valence-electron chi connectivity index (χ3n) is 4.14. The summed E-state index contributed by atoms with van der Waals surface area (Å²) >= 11 is 0. The van der Waals surface area contributed by atoms with E-state index in [1.54, 1.807) is 0 Å². The second-order valence-corrected chi connectivity index (χ2v) is 5.47. The van der Waals surface area contributed by atoms with E-state index in [-0.39, 0.29) is 0 Å². The van der Waals surface area contributed by atoms with Crippen molar-refractivity contribution in [3.8, 4) is 0 Å². The van der Waals surface area contributed by atoms with E-state index in [2.05, 4.69) is 17.1 Å². The van der Waals surface area contributed by atoms with Crippen molar-refractivity contribution < 1.29 is 9.26 Å². The zero-order chi connectivity index (χ0) is 13.7. The van der Waals surface area contributed by atoms with Crippen molar-refractivity contribution in [2.24, 2.45) is 11.7 Å². The summed E-state index contributed by atoms with van der Waals surface area (Å²) in [5, 5.41) is 4.00. The molecule has 5 heteroatoms. The van der Waals surface area contributed by atoms with Crippen LogP contribution in [0.1, 0.15) is 57.7 Å². The van der Waals surface area contributed by atoms with Crippen LogP contribution >= 0.6 is 0 Å². The molecule has 108 valence electrons. The van der Waals surface area contributed by atoms with Gasteiger partial charge in [0.25, 0.3) is 0 Å². The molecule has 0 aliphatic heterocycles. The summed E-state index contributed by atoms with van der Waals surface area (Å²) in [6.07, 6.45) is 6.12. The standard InChI is InChI=1S/C14H25N3O2/c1-3-11-5-8-14(15,9-6-11)13-16-12(17-19-13)7-10-18-4-2/h11H,3-10,15H2,1-2H3. The van der Waals surface area contributed by atoms with Crippen LogP contribution in [0, 0.1) is 5.92 Å². The minimum absolute atomic E-state index is 0.414. The Bertz CT molecular complexity index is 384. The molecule has 0 bridgehead atoms. The molecule has 1 saturated carbocycles. The van der Waals surface area contributed by atoms with Crippen LogP contribution in [0.25, 0.3) is 0 Å². The topological polar surface area (TPSA) is 74.2 Å². The number of ether oxygens (including phenoxy) is 1. The quantitative estimate of drug-likeness (QED) is 0.801. The SMILES string of the molecule is CCOCCc1noc(C2(N)CCC(CC)CC2)n1. The number of nitrogens with zero attached hydrogens (tertiary/aromatic N) is 2. The first kappa shape index (κ1) is 14.5. The molecule has 1 aromatic heterocycles. The molecule has 0 saturated heterocycles. The minimum Gasteiger partial charge on any atom is -0.381 e. The van der Waals surface area contributed by atoms with Gasteiger partial charge in [-0.15, -0.1) is 0 Å². The van der Waals surface area contributed by atoms with Gasteiger partial charge in [-0.3, -0.25) is 0 Å². The lowest BCUT2D eigenvalue weighted by molar-refractivity contribution is 0.149. The van der Waals surface area contributed by atoms with E-state index < -0.39 is 5.54 Å². The average molecular weight is 267 g/mol. The summed E-state index contributed by atoms with van der Waals surface area (Å²) in [4.78, 5) is 4.45. The first-order valence-electron chi connectivity index (χ1n) is 7.37. The second kappa shape index (κ2) is 6.48. The van der Waals surface area contributed by atoms with E-state index >= 15 is 0 Å². The molecular formula is C14H25N3O2. The van der Waals surface area contributed by atoms with Crippen molar-refractivity contribution in [2.75, 3.05) is 13.2 Å². The third kappa shape index (κ3) is 3.54. The number of hydrogen-bond donors (Lipinski definition) is 1. The fourth-order valence-electron chi connectivity index (χ4n) is 2.68. The maximum atomic E-state index is 6.44. The Morgan fingerprint density at radius 2 is 2.11 bits per heavy atom. The van der Waals surface area contributed by atoms with Crippen LogP contribution in [-0.4, -0.2) is 23.4 Å². The molecule has 0 amide bonds. The van der Waals surface area contributed by atoms with Gasteiger partial charge < -0.3 is 15.0 Å². The van der Waals surface area contributed by atoms with Crippen LogP contribution in [-0.2, 0) is 16.7 Å². The second-order valence-electron chi connectivity index (χ2n) is 5.47. The van der Waals surface area contributed by atoms with Gasteiger partial charge in [0, 0.05) is 13.0 Å². The number of hydrogen-bond acceptors (Lipinski definition) is 5. The molecule has 0 atom stereocenters. The Morgan fingerprint density at radius 1 is 1.37 bits per heavy atom. The molecule has 0 unspecified atom stereocenters. The summed E-state index contributed by atoms with van der Waals surface area (Å²) in [6, 6.07) is 0. The fraction of sp³-hybridized carbons (Fsp3) is 0.857. The molecule has 19 heavy (non-hydrogen) atoms. The Morgan fingerprint density at radius 3 is 2.74 bits per heavy atom. The summed E-state index contributed by atoms with van der Waals surface area (Å²) < 4.78 is 10.7. The van der Waals surface area contributed by atoms with Crippen LogP contribution < -0.4 is 5.73 Å². The normalized spacial score (nSPS) is 27.6. The van der Waals surface area contributed by atoms with E-state index in [9.17, 15) is 0 Å². The molecular weight excluding hydrogens is 242 g/mol. The highest BCUT2D eigenvalue weighted by atomic mass is 16.5. The van der Waals surface area contributed by atoms with E-state index in [1.807, 2.05) is 6.92 Å². The summed E-state index contributed by atoms with van der Waals surface area (Å²) in [5.74, 6) is 2.11. The highest BCUT2D eigenvalue weighted by Crippen LogP contribution is 2.37. The zero-order valence-corrected chi connectivity index (χ0v) is 12.0. The van der Waals surface area contributed by atoms with Crippen molar-refractivity contribution in [3.63, 3.8) is 0 Å². The third-order valence-corrected chi connectivity index (χ3v) is 4.14. The molecule has 0 spiro atoms. The highest BCUT2D eigenvalue weighted by molar-refractivity contribution is 5.04. The first-order chi connectivity index (χ1) is 9.18.